The summed E-state index contributed by atoms with van der Waals surface area (Å²) < 4.78 is 2.36. The summed E-state index contributed by atoms with van der Waals surface area (Å²) in [7, 11) is 0. The number of hydrogen-bond acceptors (Lipinski definition) is 3. The van der Waals surface area contributed by atoms with Gasteiger partial charge in [-0.1, -0.05) is 38.1 Å². The second-order valence-corrected chi connectivity index (χ2v) is 9.90. The molecule has 4 aromatic rings. The molecule has 0 bridgehead atoms. The van der Waals surface area contributed by atoms with Gasteiger partial charge < -0.3 is 14.8 Å². The van der Waals surface area contributed by atoms with Crippen LogP contribution in [0.2, 0.25) is 0 Å². The van der Waals surface area contributed by atoms with Gasteiger partial charge in [-0.05, 0) is 85.1 Å². The quantitative estimate of drug-likeness (QED) is 0.330. The zero-order valence-corrected chi connectivity index (χ0v) is 21.5. The Kier molecular flexibility index (Phi) is 6.39. The van der Waals surface area contributed by atoms with Gasteiger partial charge in [-0.25, -0.2) is 0 Å². The fourth-order valence-electron chi connectivity index (χ4n) is 5.01. The highest BCUT2D eigenvalue weighted by atomic mass is 32.1. The molecule has 1 aliphatic rings. The smallest absolute Gasteiger partial charge is 0.174 e. The molecule has 178 valence electrons. The SMILES string of the molecule is Cc1cc([C@@H]2[C@@H](c3ccccn3)NC(=S)N2c2ccc(C(C)C)cc2)c(C)n1Cc1cccnc1. The Balaban J connectivity index is 1.60. The number of nitrogens with one attached hydrogen (secondary N) is 1. The van der Waals surface area contributed by atoms with E-state index < -0.39 is 0 Å². The average molecular weight is 482 g/mol. The molecule has 1 saturated heterocycles. The zero-order valence-electron chi connectivity index (χ0n) is 20.6. The van der Waals surface area contributed by atoms with Crippen LogP contribution in [0.3, 0.4) is 0 Å². The highest BCUT2D eigenvalue weighted by molar-refractivity contribution is 7.80. The van der Waals surface area contributed by atoms with Gasteiger partial charge >= 0.3 is 0 Å². The van der Waals surface area contributed by atoms with Gasteiger partial charge in [-0.3, -0.25) is 9.97 Å². The number of benzene rings is 1. The van der Waals surface area contributed by atoms with Crippen molar-refractivity contribution in [1.82, 2.24) is 19.9 Å². The first kappa shape index (κ1) is 23.2. The van der Waals surface area contributed by atoms with Gasteiger partial charge in [0.2, 0.25) is 0 Å². The summed E-state index contributed by atoms with van der Waals surface area (Å²) in [5.41, 5.74) is 8.28. The summed E-state index contributed by atoms with van der Waals surface area (Å²) in [4.78, 5) is 11.3. The van der Waals surface area contributed by atoms with Crippen LogP contribution in [0.25, 0.3) is 0 Å². The molecule has 3 aromatic heterocycles. The molecule has 1 fully saturated rings. The molecule has 6 heteroatoms. The third-order valence-electron chi connectivity index (χ3n) is 6.93. The normalized spacial score (nSPS) is 17.7. The molecule has 5 nitrogen and oxygen atoms in total. The van der Waals surface area contributed by atoms with Crippen LogP contribution in [-0.2, 0) is 6.54 Å². The summed E-state index contributed by atoms with van der Waals surface area (Å²) >= 11 is 5.92. The van der Waals surface area contributed by atoms with Gasteiger partial charge in [0.05, 0.1) is 17.8 Å². The monoisotopic (exact) mass is 481 g/mol. The second-order valence-electron chi connectivity index (χ2n) is 9.52. The Hall–Kier alpha value is -3.51. The van der Waals surface area contributed by atoms with Crippen molar-refractivity contribution in [3.63, 3.8) is 0 Å². The lowest BCUT2D eigenvalue weighted by molar-refractivity contribution is 0.563. The van der Waals surface area contributed by atoms with Crippen LogP contribution in [0.5, 0.6) is 0 Å². The number of pyridine rings is 2. The Morgan fingerprint density at radius 2 is 1.80 bits per heavy atom. The summed E-state index contributed by atoms with van der Waals surface area (Å²) in [6.07, 6.45) is 5.60. The van der Waals surface area contributed by atoms with E-state index >= 15 is 0 Å². The molecule has 0 spiro atoms. The fraction of sp³-hybridized carbons (Fsp3) is 0.276. The molecule has 0 unspecified atom stereocenters. The molecule has 0 aliphatic carbocycles. The van der Waals surface area contributed by atoms with E-state index in [2.05, 4.69) is 89.9 Å². The number of aryl methyl sites for hydroxylation is 1. The Morgan fingerprint density at radius 3 is 2.46 bits per heavy atom. The number of nitrogens with zero attached hydrogens (tertiary/aromatic N) is 4. The number of rotatable bonds is 6. The van der Waals surface area contributed by atoms with Crippen molar-refractivity contribution >= 4 is 23.0 Å². The maximum absolute atomic E-state index is 5.92. The molecule has 1 aliphatic heterocycles. The van der Waals surface area contributed by atoms with Crippen LogP contribution >= 0.6 is 12.2 Å². The van der Waals surface area contributed by atoms with Crippen molar-refractivity contribution in [2.24, 2.45) is 0 Å². The van der Waals surface area contributed by atoms with Gasteiger partial charge in [0.1, 0.15) is 0 Å². The number of anilines is 1. The summed E-state index contributed by atoms with van der Waals surface area (Å²) in [5.74, 6) is 0.483. The second kappa shape index (κ2) is 9.62. The molecule has 35 heavy (non-hydrogen) atoms. The molecule has 2 atom stereocenters. The number of thiocarbonyl (C=S) groups is 1. The van der Waals surface area contributed by atoms with Crippen molar-refractivity contribution in [2.75, 3.05) is 4.90 Å². The van der Waals surface area contributed by atoms with E-state index in [4.69, 9.17) is 17.2 Å². The third-order valence-corrected chi connectivity index (χ3v) is 7.25. The fourth-order valence-corrected chi connectivity index (χ4v) is 5.36. The minimum atomic E-state index is -0.0548. The molecule has 1 N–H and O–H groups in total. The Bertz CT molecular complexity index is 1310. The maximum Gasteiger partial charge on any atom is 0.174 e. The average Bonchev–Trinajstić information content (AvgIpc) is 3.36. The molecule has 5 rings (SSSR count). The summed E-state index contributed by atoms with van der Waals surface area (Å²) in [5, 5.41) is 4.31. The van der Waals surface area contributed by atoms with Gasteiger partial charge in [0, 0.05) is 42.2 Å². The predicted octanol–water partition coefficient (Wildman–Crippen LogP) is 6.24. The lowest BCUT2D eigenvalue weighted by atomic mass is 9.96. The van der Waals surface area contributed by atoms with Gasteiger partial charge in [0.25, 0.3) is 0 Å². The van der Waals surface area contributed by atoms with Crippen LogP contribution in [0.15, 0.2) is 79.3 Å². The minimum absolute atomic E-state index is 0.0175. The van der Waals surface area contributed by atoms with E-state index in [-0.39, 0.29) is 12.1 Å². The van der Waals surface area contributed by atoms with Crippen molar-refractivity contribution in [2.45, 2.75) is 52.2 Å². The van der Waals surface area contributed by atoms with E-state index in [9.17, 15) is 0 Å². The summed E-state index contributed by atoms with van der Waals surface area (Å²) in [6, 6.07) is 21.2. The van der Waals surface area contributed by atoms with E-state index in [0.29, 0.717) is 5.92 Å². The van der Waals surface area contributed by atoms with E-state index in [1.165, 1.54) is 28.1 Å². The topological polar surface area (TPSA) is 46.0 Å². The lowest BCUT2D eigenvalue weighted by Gasteiger charge is -2.28. The van der Waals surface area contributed by atoms with Crippen LogP contribution in [0.4, 0.5) is 5.69 Å². The minimum Gasteiger partial charge on any atom is -0.351 e. The Morgan fingerprint density at radius 1 is 1.00 bits per heavy atom. The number of hydrogen-bond donors (Lipinski definition) is 1. The van der Waals surface area contributed by atoms with Crippen molar-refractivity contribution < 1.29 is 0 Å². The zero-order chi connectivity index (χ0) is 24.5. The molecular formula is C29H31N5S. The Labute approximate surface area is 212 Å². The van der Waals surface area contributed by atoms with Crippen LogP contribution in [0, 0.1) is 13.8 Å². The van der Waals surface area contributed by atoms with Crippen molar-refractivity contribution in [3.8, 4) is 0 Å². The first-order valence-corrected chi connectivity index (χ1v) is 12.5. The summed E-state index contributed by atoms with van der Waals surface area (Å²) in [6.45, 7) is 9.59. The van der Waals surface area contributed by atoms with Gasteiger partial charge in [0.15, 0.2) is 5.11 Å². The van der Waals surface area contributed by atoms with E-state index in [1.54, 1.807) is 0 Å². The first-order chi connectivity index (χ1) is 16.9. The molecule has 1 aromatic carbocycles. The predicted molar refractivity (Wildman–Crippen MR) is 146 cm³/mol. The highest BCUT2D eigenvalue weighted by Gasteiger charge is 2.42. The van der Waals surface area contributed by atoms with Crippen LogP contribution in [-0.4, -0.2) is 19.6 Å². The largest absolute Gasteiger partial charge is 0.351 e. The number of aromatic nitrogens is 3. The lowest BCUT2D eigenvalue weighted by Crippen LogP contribution is -2.29. The molecule has 0 amide bonds. The van der Waals surface area contributed by atoms with E-state index in [1.807, 2.05) is 36.8 Å². The maximum atomic E-state index is 5.92. The van der Waals surface area contributed by atoms with E-state index in [0.717, 1.165) is 23.0 Å². The van der Waals surface area contributed by atoms with Crippen molar-refractivity contribution in [3.05, 3.63) is 113 Å². The van der Waals surface area contributed by atoms with Crippen molar-refractivity contribution in [1.29, 1.82) is 0 Å². The molecule has 0 radical (unpaired) electrons. The van der Waals surface area contributed by atoms with Crippen LogP contribution in [0.1, 0.15) is 65.6 Å². The standard InChI is InChI=1S/C29H31N5S/c1-19(2)23-10-12-24(13-11-23)34-28(27(32-29(34)35)26-9-5-6-15-31-26)25-16-20(3)33(21(25)4)18-22-8-7-14-30-17-22/h5-17,19,27-28H,18H2,1-4H3,(H,32,35)/t27-,28-/m1/s1. The molecule has 4 heterocycles. The van der Waals surface area contributed by atoms with Crippen LogP contribution < -0.4 is 10.2 Å². The third kappa shape index (κ3) is 4.46. The molecular weight excluding hydrogens is 450 g/mol. The van der Waals surface area contributed by atoms with Gasteiger partial charge in [-0.15, -0.1) is 0 Å². The first-order valence-electron chi connectivity index (χ1n) is 12.1. The molecule has 0 saturated carbocycles. The highest BCUT2D eigenvalue weighted by Crippen LogP contribution is 2.43. The van der Waals surface area contributed by atoms with Gasteiger partial charge in [-0.2, -0.15) is 0 Å².